The summed E-state index contributed by atoms with van der Waals surface area (Å²) in [5, 5.41) is 10.1. The van der Waals surface area contributed by atoms with Crippen LogP contribution in [0.1, 0.15) is 26.4 Å². The topological polar surface area (TPSA) is 108 Å². The van der Waals surface area contributed by atoms with E-state index in [2.05, 4.69) is 15.0 Å². The van der Waals surface area contributed by atoms with Gasteiger partial charge in [-0.15, -0.1) is 11.3 Å². The third-order valence-corrected chi connectivity index (χ3v) is 4.35. The molecule has 0 saturated heterocycles. The Hall–Kier alpha value is -2.26. The van der Waals surface area contributed by atoms with E-state index in [-0.39, 0.29) is 16.2 Å². The van der Waals surface area contributed by atoms with Crippen molar-refractivity contribution in [2.45, 2.75) is 13.8 Å². The molecule has 2 aromatic heterocycles. The fraction of sp³-hybridized carbons (Fsp3) is 0.231. The van der Waals surface area contributed by atoms with Crippen molar-refractivity contribution in [1.29, 1.82) is 0 Å². The smallest absolute Gasteiger partial charge is 0.341 e. The van der Waals surface area contributed by atoms with Crippen LogP contribution in [0.5, 0.6) is 5.88 Å². The number of aromatic nitrogens is 2. The Morgan fingerprint density at radius 2 is 2.09 bits per heavy atom. The summed E-state index contributed by atoms with van der Waals surface area (Å²) in [7, 11) is 1.29. The molecule has 0 spiro atoms. The van der Waals surface area contributed by atoms with Crippen molar-refractivity contribution in [3.8, 4) is 5.88 Å². The first-order valence-corrected chi connectivity index (χ1v) is 7.35. The highest BCUT2D eigenvalue weighted by Crippen LogP contribution is 2.35. The molecule has 0 aliphatic rings. The highest BCUT2D eigenvalue weighted by molar-refractivity contribution is 7.71. The molecule has 0 atom stereocenters. The van der Waals surface area contributed by atoms with Crippen molar-refractivity contribution in [1.82, 2.24) is 9.97 Å². The van der Waals surface area contributed by atoms with Gasteiger partial charge in [0, 0.05) is 11.1 Å². The first-order valence-electron chi connectivity index (χ1n) is 6.13. The van der Waals surface area contributed by atoms with Gasteiger partial charge in [-0.25, -0.2) is 9.79 Å². The summed E-state index contributed by atoms with van der Waals surface area (Å²) in [6.07, 6.45) is 1.18. The van der Waals surface area contributed by atoms with E-state index in [1.807, 2.05) is 6.92 Å². The van der Waals surface area contributed by atoms with Crippen LogP contribution in [0.4, 0.5) is 5.00 Å². The van der Waals surface area contributed by atoms with Crippen LogP contribution in [0.15, 0.2) is 9.79 Å². The van der Waals surface area contributed by atoms with Gasteiger partial charge in [-0.05, 0) is 31.6 Å². The fourth-order valence-corrected chi connectivity index (χ4v) is 2.95. The number of nitrogens with zero attached hydrogens (tertiary/aromatic N) is 1. The van der Waals surface area contributed by atoms with Gasteiger partial charge in [0.15, 0.2) is 4.77 Å². The number of ether oxygens (including phenoxy) is 1. The van der Waals surface area contributed by atoms with Crippen LogP contribution in [0.3, 0.4) is 0 Å². The van der Waals surface area contributed by atoms with Crippen LogP contribution in [0.25, 0.3) is 0 Å². The Morgan fingerprint density at radius 3 is 2.68 bits per heavy atom. The number of thiophene rings is 1. The summed E-state index contributed by atoms with van der Waals surface area (Å²) in [4.78, 5) is 33.4. The molecule has 2 rings (SSSR count). The predicted molar refractivity (Wildman–Crippen MR) is 86.3 cm³/mol. The highest BCUT2D eigenvalue weighted by atomic mass is 32.1. The number of rotatable bonds is 3. The lowest BCUT2D eigenvalue weighted by molar-refractivity contribution is 0.0601. The number of carbonyl (C=O) groups excluding carboxylic acids is 1. The molecule has 2 aromatic rings. The zero-order valence-corrected chi connectivity index (χ0v) is 13.6. The van der Waals surface area contributed by atoms with Crippen LogP contribution in [0, 0.1) is 18.6 Å². The average molecular weight is 339 g/mol. The fourth-order valence-electron chi connectivity index (χ4n) is 1.77. The molecule has 0 amide bonds. The lowest BCUT2D eigenvalue weighted by Crippen LogP contribution is -2.13. The summed E-state index contributed by atoms with van der Waals surface area (Å²) >= 11 is 6.04. The van der Waals surface area contributed by atoms with Gasteiger partial charge in [-0.3, -0.25) is 9.78 Å². The molecule has 2 heterocycles. The molecule has 0 saturated carbocycles. The number of aromatic amines is 2. The minimum absolute atomic E-state index is 0.0118. The quantitative estimate of drug-likeness (QED) is 0.452. The minimum Gasteiger partial charge on any atom is -0.494 e. The number of hydrogen-bond acceptors (Lipinski definition) is 7. The number of hydrogen-bond donors (Lipinski definition) is 3. The Bertz CT molecular complexity index is 876. The maximum absolute atomic E-state index is 11.8. The summed E-state index contributed by atoms with van der Waals surface area (Å²) in [6, 6.07) is 0. The number of esters is 1. The largest absolute Gasteiger partial charge is 0.494 e. The molecule has 0 aliphatic carbocycles. The van der Waals surface area contributed by atoms with Gasteiger partial charge < -0.3 is 14.8 Å². The second-order valence-corrected chi connectivity index (χ2v) is 6.00. The van der Waals surface area contributed by atoms with E-state index in [0.29, 0.717) is 10.6 Å². The molecule has 9 heteroatoms. The minimum atomic E-state index is -0.574. The molecule has 22 heavy (non-hydrogen) atoms. The number of nitrogens with one attached hydrogen (secondary N) is 2. The van der Waals surface area contributed by atoms with E-state index in [4.69, 9.17) is 17.0 Å². The van der Waals surface area contributed by atoms with Gasteiger partial charge in [0.2, 0.25) is 5.88 Å². The standard InChI is InChI=1S/C13H13N3O4S2/c1-5-6(2)22-11(8(5)12(19)20-3)14-4-7-9(17)15-13(21)16-10(7)18/h4H,1-3H3,(H3,15,16,17,18,21). The number of aliphatic imine (C=N–C) groups is 1. The first kappa shape index (κ1) is 16.1. The molecule has 0 radical (unpaired) electrons. The molecule has 0 aromatic carbocycles. The SMILES string of the molecule is COC(=O)c1c(N=Cc2c(O)[nH]c(=S)[nH]c2=O)sc(C)c1C. The predicted octanol–water partition coefficient (Wildman–Crippen LogP) is 2.35. The maximum Gasteiger partial charge on any atom is 0.341 e. The van der Waals surface area contributed by atoms with E-state index in [9.17, 15) is 14.7 Å². The average Bonchev–Trinajstić information content (AvgIpc) is 2.72. The molecule has 116 valence electrons. The molecule has 7 nitrogen and oxygen atoms in total. The highest BCUT2D eigenvalue weighted by Gasteiger charge is 2.19. The number of H-pyrrole nitrogens is 2. The van der Waals surface area contributed by atoms with E-state index in [1.54, 1.807) is 6.92 Å². The van der Waals surface area contributed by atoms with Gasteiger partial charge >= 0.3 is 5.97 Å². The molecule has 3 N–H and O–H groups in total. The number of aromatic hydroxyl groups is 1. The molecule has 0 fully saturated rings. The van der Waals surface area contributed by atoms with E-state index in [0.717, 1.165) is 10.4 Å². The van der Waals surface area contributed by atoms with Crippen molar-refractivity contribution in [3.05, 3.63) is 36.7 Å². The molecule has 0 aliphatic heterocycles. The van der Waals surface area contributed by atoms with E-state index in [1.165, 1.54) is 24.7 Å². The lowest BCUT2D eigenvalue weighted by atomic mass is 10.1. The van der Waals surface area contributed by atoms with Gasteiger partial charge in [0.05, 0.1) is 12.7 Å². The third kappa shape index (κ3) is 3.00. The first-order chi connectivity index (χ1) is 10.3. The van der Waals surface area contributed by atoms with Crippen molar-refractivity contribution in [2.24, 2.45) is 4.99 Å². The summed E-state index contributed by atoms with van der Waals surface area (Å²) in [5.41, 5.74) is 0.471. The van der Waals surface area contributed by atoms with Gasteiger partial charge in [-0.2, -0.15) is 0 Å². The summed E-state index contributed by atoms with van der Waals surface area (Å²) < 4.78 is 4.75. The zero-order valence-electron chi connectivity index (χ0n) is 12.0. The Labute approximate surface area is 134 Å². The van der Waals surface area contributed by atoms with Crippen molar-refractivity contribution < 1.29 is 14.6 Å². The summed E-state index contributed by atoms with van der Waals surface area (Å²) in [5.74, 6) is -0.887. The van der Waals surface area contributed by atoms with Crippen LogP contribution >= 0.6 is 23.6 Å². The van der Waals surface area contributed by atoms with Crippen LogP contribution < -0.4 is 5.56 Å². The molecule has 0 bridgehead atoms. The van der Waals surface area contributed by atoms with E-state index >= 15 is 0 Å². The van der Waals surface area contributed by atoms with Crippen LogP contribution in [-0.4, -0.2) is 34.4 Å². The molecule has 0 unspecified atom stereocenters. The van der Waals surface area contributed by atoms with Crippen molar-refractivity contribution in [3.63, 3.8) is 0 Å². The Balaban J connectivity index is 2.52. The molecular formula is C13H13N3O4S2. The Morgan fingerprint density at radius 1 is 1.41 bits per heavy atom. The normalized spacial score (nSPS) is 11.0. The van der Waals surface area contributed by atoms with Crippen LogP contribution in [-0.2, 0) is 4.74 Å². The number of aryl methyl sites for hydroxylation is 1. The maximum atomic E-state index is 11.8. The number of carbonyl (C=O) groups is 1. The number of methoxy groups -OCH3 is 1. The lowest BCUT2D eigenvalue weighted by Gasteiger charge is -2.00. The van der Waals surface area contributed by atoms with Gasteiger partial charge in [-0.1, -0.05) is 0 Å². The second kappa shape index (κ2) is 6.24. The van der Waals surface area contributed by atoms with E-state index < -0.39 is 11.5 Å². The third-order valence-electron chi connectivity index (χ3n) is 3.03. The Kier molecular flexibility index (Phi) is 4.57. The molecular weight excluding hydrogens is 326 g/mol. The monoisotopic (exact) mass is 339 g/mol. The second-order valence-electron chi connectivity index (χ2n) is 4.38. The van der Waals surface area contributed by atoms with Crippen LogP contribution in [0.2, 0.25) is 0 Å². The van der Waals surface area contributed by atoms with Crippen molar-refractivity contribution in [2.75, 3.05) is 7.11 Å². The zero-order chi connectivity index (χ0) is 16.4. The van der Waals surface area contributed by atoms with Gasteiger partial charge in [0.1, 0.15) is 10.6 Å². The summed E-state index contributed by atoms with van der Waals surface area (Å²) in [6.45, 7) is 3.65. The van der Waals surface area contributed by atoms with Gasteiger partial charge in [0.25, 0.3) is 5.56 Å². The van der Waals surface area contributed by atoms with Crippen molar-refractivity contribution >= 4 is 40.7 Å².